The fraction of sp³-hybridized carbons (Fsp3) is 0.300. The van der Waals surface area contributed by atoms with E-state index >= 15 is 0 Å². The van der Waals surface area contributed by atoms with Crippen molar-refractivity contribution >= 4 is 24.0 Å². The summed E-state index contributed by atoms with van der Waals surface area (Å²) in [5.74, 6) is 0.884. The van der Waals surface area contributed by atoms with E-state index in [2.05, 4.69) is 74.4 Å². The normalized spacial score (nSPS) is 18.9. The monoisotopic (exact) mass is 384 g/mol. The van der Waals surface area contributed by atoms with Crippen LogP contribution in [0.25, 0.3) is 10.8 Å². The van der Waals surface area contributed by atoms with Crippen LogP contribution in [0.3, 0.4) is 0 Å². The molecule has 0 radical (unpaired) electrons. The molecule has 2 aromatic rings. The van der Waals surface area contributed by atoms with Gasteiger partial charge in [0.25, 0.3) is 0 Å². The molecular weight excluding hydrogens is 362 g/mol. The van der Waals surface area contributed by atoms with Crippen molar-refractivity contribution in [1.82, 2.24) is 0 Å². The van der Waals surface area contributed by atoms with Crippen LogP contribution < -0.4 is 5.30 Å². The van der Waals surface area contributed by atoms with Crippen molar-refractivity contribution in [2.24, 2.45) is 5.92 Å². The van der Waals surface area contributed by atoms with Crippen LogP contribution in [0.1, 0.15) is 19.3 Å². The topological polar surface area (TPSA) is 0 Å². The summed E-state index contributed by atoms with van der Waals surface area (Å²) >= 11 is 0. The largest absolute Gasteiger partial charge is 2.00 e. The maximum atomic E-state index is 2.37. The van der Waals surface area contributed by atoms with E-state index < -0.39 is 0 Å². The SMILES string of the molecule is C1=CCC2CC[CH-]C2=C1.CP(C)c1cc2ccccc2[cH-]1.[Zr+2]. The van der Waals surface area contributed by atoms with E-state index in [4.69, 9.17) is 0 Å². The van der Waals surface area contributed by atoms with Crippen molar-refractivity contribution in [2.75, 3.05) is 13.3 Å². The van der Waals surface area contributed by atoms with Gasteiger partial charge in [-0.25, -0.2) is 18.1 Å². The predicted molar refractivity (Wildman–Crippen MR) is 96.8 cm³/mol. The molecule has 0 heterocycles. The van der Waals surface area contributed by atoms with Crippen molar-refractivity contribution in [3.05, 3.63) is 66.6 Å². The van der Waals surface area contributed by atoms with E-state index in [1.165, 1.54) is 35.3 Å². The van der Waals surface area contributed by atoms with E-state index in [1.54, 1.807) is 5.57 Å². The van der Waals surface area contributed by atoms with E-state index in [0.29, 0.717) is 0 Å². The fourth-order valence-electron chi connectivity index (χ4n) is 3.06. The summed E-state index contributed by atoms with van der Waals surface area (Å²) in [5, 5.41) is 4.26. The standard InChI is InChI=1S/C11H12P.C9H11.Zr/c1-12(2)11-7-9-5-3-4-6-10(9)8-11;1-2-5-9-7-3-6-8(9)4-1;/h3-8H,1-2H3;1-2,4,6,9H,3,5,7H2;/q2*-1;+2. The Kier molecular flexibility index (Phi) is 6.79. The van der Waals surface area contributed by atoms with Crippen molar-refractivity contribution in [1.29, 1.82) is 0 Å². The van der Waals surface area contributed by atoms with Gasteiger partial charge in [0.1, 0.15) is 0 Å². The first-order valence-corrected chi connectivity index (χ1v) is 10.0. The van der Waals surface area contributed by atoms with E-state index in [9.17, 15) is 0 Å². The van der Waals surface area contributed by atoms with E-state index in [1.807, 2.05) is 0 Å². The van der Waals surface area contributed by atoms with Crippen molar-refractivity contribution in [3.63, 3.8) is 0 Å². The van der Waals surface area contributed by atoms with Gasteiger partial charge in [0, 0.05) is 0 Å². The molecule has 4 rings (SSSR count). The van der Waals surface area contributed by atoms with Crippen LogP contribution in [0.15, 0.2) is 60.2 Å². The minimum atomic E-state index is 0. The third-order valence-corrected chi connectivity index (χ3v) is 5.62. The Labute approximate surface area is 154 Å². The van der Waals surface area contributed by atoms with Gasteiger partial charge in [0.15, 0.2) is 0 Å². The number of fused-ring (bicyclic) bond motifs is 2. The van der Waals surface area contributed by atoms with E-state index in [0.717, 1.165) is 5.92 Å². The Bertz CT molecular complexity index is 630. The Balaban J connectivity index is 0.000000159. The smallest absolute Gasteiger partial charge is 0.227 e. The van der Waals surface area contributed by atoms with Crippen LogP contribution in [0.2, 0.25) is 0 Å². The summed E-state index contributed by atoms with van der Waals surface area (Å²) in [6.07, 6.45) is 13.0. The molecular formula is C20H23PZr. The Morgan fingerprint density at radius 2 is 2.00 bits per heavy atom. The maximum Gasteiger partial charge on any atom is 2.00 e. The average molecular weight is 386 g/mol. The molecule has 0 saturated heterocycles. The van der Waals surface area contributed by atoms with Gasteiger partial charge in [-0.3, -0.25) is 0 Å². The molecule has 2 aliphatic carbocycles. The molecule has 1 atom stereocenters. The Morgan fingerprint density at radius 3 is 2.73 bits per heavy atom. The van der Waals surface area contributed by atoms with Gasteiger partial charge >= 0.3 is 26.2 Å². The molecule has 0 nitrogen and oxygen atoms in total. The number of rotatable bonds is 1. The molecule has 1 unspecified atom stereocenters. The molecule has 2 aliphatic rings. The molecule has 112 valence electrons. The number of hydrogen-bond donors (Lipinski definition) is 0. The minimum absolute atomic E-state index is 0. The first kappa shape index (κ1) is 17.8. The molecule has 1 saturated carbocycles. The van der Waals surface area contributed by atoms with Gasteiger partial charge in [-0.15, -0.1) is 66.8 Å². The second-order valence-electron chi connectivity index (χ2n) is 6.05. The van der Waals surface area contributed by atoms with Crippen LogP contribution in [0.5, 0.6) is 0 Å². The van der Waals surface area contributed by atoms with Gasteiger partial charge in [0.05, 0.1) is 0 Å². The second-order valence-corrected chi connectivity index (χ2v) is 8.35. The van der Waals surface area contributed by atoms with Crippen molar-refractivity contribution in [3.8, 4) is 0 Å². The van der Waals surface area contributed by atoms with Crippen LogP contribution in [0.4, 0.5) is 0 Å². The van der Waals surface area contributed by atoms with Crippen LogP contribution >= 0.6 is 7.92 Å². The number of benzene rings is 1. The number of hydrogen-bond acceptors (Lipinski definition) is 0. The summed E-state index contributed by atoms with van der Waals surface area (Å²) in [5.41, 5.74) is 1.58. The quantitative estimate of drug-likeness (QED) is 0.455. The molecule has 0 N–H and O–H groups in total. The van der Waals surface area contributed by atoms with Gasteiger partial charge in [-0.05, 0) is 25.7 Å². The molecule has 0 aromatic heterocycles. The molecule has 0 amide bonds. The molecule has 0 bridgehead atoms. The Morgan fingerprint density at radius 1 is 1.18 bits per heavy atom. The van der Waals surface area contributed by atoms with Crippen LogP contribution in [0, 0.1) is 12.3 Å². The van der Waals surface area contributed by atoms with Gasteiger partial charge in [-0.1, -0.05) is 12.5 Å². The molecule has 1 fully saturated rings. The zero-order chi connectivity index (χ0) is 14.7. The summed E-state index contributed by atoms with van der Waals surface area (Å²) in [7, 11) is 0.0576. The van der Waals surface area contributed by atoms with Crippen molar-refractivity contribution < 1.29 is 26.2 Å². The zero-order valence-corrected chi connectivity index (χ0v) is 16.8. The zero-order valence-electron chi connectivity index (χ0n) is 13.4. The third kappa shape index (κ3) is 4.27. The first-order chi connectivity index (χ1) is 10.2. The molecule has 22 heavy (non-hydrogen) atoms. The second kappa shape index (κ2) is 8.37. The van der Waals surface area contributed by atoms with Crippen molar-refractivity contribution in [2.45, 2.75) is 19.3 Å². The summed E-state index contributed by atoms with van der Waals surface area (Å²) in [6, 6.07) is 13.2. The molecule has 0 spiro atoms. The minimum Gasteiger partial charge on any atom is -0.227 e. The maximum absolute atomic E-state index is 2.37. The molecule has 2 aromatic carbocycles. The summed E-state index contributed by atoms with van der Waals surface area (Å²) < 4.78 is 0. The van der Waals surface area contributed by atoms with Gasteiger partial charge in [0.2, 0.25) is 0 Å². The third-order valence-electron chi connectivity index (χ3n) is 4.33. The predicted octanol–water partition coefficient (Wildman–Crippen LogP) is 5.41. The molecule has 2 heteroatoms. The molecule has 0 aliphatic heterocycles. The van der Waals surface area contributed by atoms with Gasteiger partial charge in [-0.2, -0.15) is 6.07 Å². The average Bonchev–Trinajstić information content (AvgIpc) is 3.14. The van der Waals surface area contributed by atoms with Crippen LogP contribution in [-0.2, 0) is 26.2 Å². The van der Waals surface area contributed by atoms with E-state index in [-0.39, 0.29) is 34.1 Å². The fourth-order valence-corrected chi connectivity index (χ4v) is 3.85. The number of allylic oxidation sites excluding steroid dienone is 4. The summed E-state index contributed by atoms with van der Waals surface area (Å²) in [6.45, 7) is 4.59. The van der Waals surface area contributed by atoms with Crippen LogP contribution in [-0.4, -0.2) is 13.3 Å². The first-order valence-electron chi connectivity index (χ1n) is 7.77. The van der Waals surface area contributed by atoms with Gasteiger partial charge < -0.3 is 0 Å². The Hall–Kier alpha value is -0.507. The summed E-state index contributed by atoms with van der Waals surface area (Å²) in [4.78, 5) is 0.